The van der Waals surface area contributed by atoms with Crippen LogP contribution in [0, 0.1) is 0 Å². The third-order valence-corrected chi connectivity index (χ3v) is 3.85. The smallest absolute Gasteiger partial charge is 0.129 e. The van der Waals surface area contributed by atoms with E-state index in [0.29, 0.717) is 19.2 Å². The maximum atomic E-state index is 10.2. The Balaban J connectivity index is 1.80. The van der Waals surface area contributed by atoms with E-state index in [0.717, 1.165) is 18.1 Å². The Labute approximate surface area is 143 Å². The van der Waals surface area contributed by atoms with E-state index in [-0.39, 0.29) is 6.61 Å². The van der Waals surface area contributed by atoms with Crippen LogP contribution in [0.4, 0.5) is 0 Å². The van der Waals surface area contributed by atoms with E-state index in [2.05, 4.69) is 18.7 Å². The first-order valence-corrected chi connectivity index (χ1v) is 8.23. The van der Waals surface area contributed by atoms with Gasteiger partial charge in [0, 0.05) is 19.1 Å². The zero-order valence-electron chi connectivity index (χ0n) is 14.6. The van der Waals surface area contributed by atoms with Gasteiger partial charge < -0.3 is 19.0 Å². The fourth-order valence-corrected chi connectivity index (χ4v) is 2.44. The van der Waals surface area contributed by atoms with Crippen molar-refractivity contribution in [2.75, 3.05) is 20.3 Å². The minimum absolute atomic E-state index is 0.284. The molecule has 5 nitrogen and oxygen atoms in total. The van der Waals surface area contributed by atoms with Gasteiger partial charge in [-0.2, -0.15) is 0 Å². The molecule has 2 rings (SSSR count). The van der Waals surface area contributed by atoms with Crippen LogP contribution in [0.15, 0.2) is 47.1 Å². The fraction of sp³-hybridized carbons (Fsp3) is 0.474. The van der Waals surface area contributed by atoms with Crippen molar-refractivity contribution in [2.24, 2.45) is 0 Å². The molecule has 1 unspecified atom stereocenters. The Kier molecular flexibility index (Phi) is 7.31. The highest BCUT2D eigenvalue weighted by atomic mass is 16.5. The van der Waals surface area contributed by atoms with Crippen LogP contribution in [-0.4, -0.2) is 42.4 Å². The van der Waals surface area contributed by atoms with Crippen molar-refractivity contribution >= 4 is 0 Å². The molecule has 0 aliphatic heterocycles. The lowest BCUT2D eigenvalue weighted by molar-refractivity contribution is -0.00116. The van der Waals surface area contributed by atoms with Crippen molar-refractivity contribution in [3.8, 4) is 5.75 Å². The molecule has 0 aliphatic carbocycles. The van der Waals surface area contributed by atoms with E-state index < -0.39 is 6.10 Å². The van der Waals surface area contributed by atoms with Crippen molar-refractivity contribution in [1.29, 1.82) is 0 Å². The molecule has 2 aromatic rings. The molecular formula is C19H27NO4. The van der Waals surface area contributed by atoms with Crippen molar-refractivity contribution < 1.29 is 19.0 Å². The van der Waals surface area contributed by atoms with E-state index >= 15 is 0 Å². The summed E-state index contributed by atoms with van der Waals surface area (Å²) < 4.78 is 15.9. The fourth-order valence-electron chi connectivity index (χ4n) is 2.44. The number of furan rings is 1. The molecule has 0 saturated heterocycles. The molecule has 0 saturated carbocycles. The van der Waals surface area contributed by atoms with Crippen LogP contribution in [0.5, 0.6) is 5.75 Å². The number of nitrogens with zero attached hydrogens (tertiary/aromatic N) is 1. The summed E-state index contributed by atoms with van der Waals surface area (Å²) in [6.07, 6.45) is 1.07. The summed E-state index contributed by atoms with van der Waals surface area (Å²) in [5, 5.41) is 10.2. The topological polar surface area (TPSA) is 55.1 Å². The number of hydrogen-bond donors (Lipinski definition) is 1. The number of aliphatic hydroxyl groups excluding tert-OH is 1. The minimum Gasteiger partial charge on any atom is -0.497 e. The summed E-state index contributed by atoms with van der Waals surface area (Å²) in [4.78, 5) is 2.22. The largest absolute Gasteiger partial charge is 0.497 e. The lowest BCUT2D eigenvalue weighted by Gasteiger charge is -2.28. The molecule has 0 fully saturated rings. The van der Waals surface area contributed by atoms with Gasteiger partial charge in [-0.25, -0.2) is 0 Å². The van der Waals surface area contributed by atoms with Crippen molar-refractivity contribution in [3.63, 3.8) is 0 Å². The Morgan fingerprint density at radius 3 is 2.50 bits per heavy atom. The lowest BCUT2D eigenvalue weighted by atomic mass is 10.1. The highest BCUT2D eigenvalue weighted by molar-refractivity contribution is 5.27. The average Bonchev–Trinajstić information content (AvgIpc) is 3.08. The molecule has 0 radical (unpaired) electrons. The monoisotopic (exact) mass is 333 g/mol. The number of ether oxygens (including phenoxy) is 2. The Hall–Kier alpha value is -1.82. The highest BCUT2D eigenvalue weighted by Crippen LogP contribution is 2.15. The molecule has 0 aliphatic rings. The highest BCUT2D eigenvalue weighted by Gasteiger charge is 2.15. The predicted octanol–water partition coefficient (Wildman–Crippen LogP) is 3.08. The van der Waals surface area contributed by atoms with Crippen LogP contribution in [0.2, 0.25) is 0 Å². The van der Waals surface area contributed by atoms with Crippen molar-refractivity contribution in [3.05, 3.63) is 54.0 Å². The van der Waals surface area contributed by atoms with Crippen LogP contribution in [0.25, 0.3) is 0 Å². The van der Waals surface area contributed by atoms with Crippen LogP contribution in [-0.2, 0) is 17.9 Å². The standard InChI is InChI=1S/C19H27NO4/c1-15(2)20(11-16-6-8-18(22-3)9-7-16)12-17(21)13-23-14-19-5-4-10-24-19/h4-10,15,17,21H,11-14H2,1-3H3. The SMILES string of the molecule is COc1ccc(CN(CC(O)COCc2ccco2)C(C)C)cc1. The van der Waals surface area contributed by atoms with Gasteiger partial charge in [0.15, 0.2) is 0 Å². The van der Waals surface area contributed by atoms with Crippen LogP contribution in [0.1, 0.15) is 25.2 Å². The molecule has 1 atom stereocenters. The molecule has 0 bridgehead atoms. The number of hydrogen-bond acceptors (Lipinski definition) is 5. The molecule has 1 aromatic heterocycles. The Morgan fingerprint density at radius 1 is 1.17 bits per heavy atom. The molecule has 1 N–H and O–H groups in total. The van der Waals surface area contributed by atoms with Crippen LogP contribution >= 0.6 is 0 Å². The zero-order valence-corrected chi connectivity index (χ0v) is 14.6. The van der Waals surface area contributed by atoms with Crippen molar-refractivity contribution in [1.82, 2.24) is 4.90 Å². The maximum Gasteiger partial charge on any atom is 0.129 e. The van der Waals surface area contributed by atoms with E-state index in [4.69, 9.17) is 13.9 Å². The molecule has 0 spiro atoms. The second kappa shape index (κ2) is 9.47. The predicted molar refractivity (Wildman–Crippen MR) is 92.9 cm³/mol. The third-order valence-electron chi connectivity index (χ3n) is 3.85. The summed E-state index contributed by atoms with van der Waals surface area (Å²) in [6, 6.07) is 12.0. The first-order valence-electron chi connectivity index (χ1n) is 8.23. The number of aliphatic hydroxyl groups is 1. The van der Waals surface area contributed by atoms with E-state index in [1.165, 1.54) is 5.56 Å². The van der Waals surface area contributed by atoms with Gasteiger partial charge in [-0.05, 0) is 43.7 Å². The average molecular weight is 333 g/mol. The van der Waals surface area contributed by atoms with E-state index in [1.54, 1.807) is 13.4 Å². The van der Waals surface area contributed by atoms with Crippen LogP contribution in [0.3, 0.4) is 0 Å². The summed E-state index contributed by atoms with van der Waals surface area (Å²) in [7, 11) is 1.66. The first-order chi connectivity index (χ1) is 11.6. The molecular weight excluding hydrogens is 306 g/mol. The van der Waals surface area contributed by atoms with Crippen molar-refractivity contribution in [2.45, 2.75) is 39.1 Å². The molecule has 0 amide bonds. The molecule has 1 aromatic carbocycles. The minimum atomic E-state index is -0.541. The second-order valence-electron chi connectivity index (χ2n) is 6.12. The Bertz CT molecular complexity index is 566. The Morgan fingerprint density at radius 2 is 1.92 bits per heavy atom. The summed E-state index contributed by atoms with van der Waals surface area (Å²) in [5.41, 5.74) is 1.19. The van der Waals surface area contributed by atoms with Gasteiger partial charge in [0.05, 0.1) is 26.1 Å². The van der Waals surface area contributed by atoms with Gasteiger partial charge in [-0.15, -0.1) is 0 Å². The van der Waals surface area contributed by atoms with Gasteiger partial charge >= 0.3 is 0 Å². The molecule has 5 heteroatoms. The lowest BCUT2D eigenvalue weighted by Crippen LogP contribution is -2.38. The van der Waals surface area contributed by atoms with E-state index in [1.807, 2.05) is 36.4 Å². The van der Waals surface area contributed by atoms with Gasteiger partial charge in [-0.3, -0.25) is 4.90 Å². The first kappa shape index (κ1) is 18.5. The van der Waals surface area contributed by atoms with Gasteiger partial charge in [0.1, 0.15) is 18.1 Å². The molecule has 24 heavy (non-hydrogen) atoms. The third kappa shape index (κ3) is 6.00. The number of rotatable bonds is 10. The number of methoxy groups -OCH3 is 1. The summed E-state index contributed by atoms with van der Waals surface area (Å²) in [6.45, 7) is 6.25. The number of benzene rings is 1. The maximum absolute atomic E-state index is 10.2. The van der Waals surface area contributed by atoms with Crippen LogP contribution < -0.4 is 4.74 Å². The van der Waals surface area contributed by atoms with Gasteiger partial charge in [0.25, 0.3) is 0 Å². The van der Waals surface area contributed by atoms with E-state index in [9.17, 15) is 5.11 Å². The molecule has 1 heterocycles. The zero-order chi connectivity index (χ0) is 17.4. The normalized spacial score (nSPS) is 12.8. The second-order valence-corrected chi connectivity index (χ2v) is 6.12. The quantitative estimate of drug-likeness (QED) is 0.724. The summed E-state index contributed by atoms with van der Waals surface area (Å²) >= 11 is 0. The van der Waals surface area contributed by atoms with Gasteiger partial charge in [-0.1, -0.05) is 12.1 Å². The summed E-state index contributed by atoms with van der Waals surface area (Å²) in [5.74, 6) is 1.61. The molecule has 132 valence electrons. The van der Waals surface area contributed by atoms with Gasteiger partial charge in [0.2, 0.25) is 0 Å².